The number of amides is 1. The first-order valence-corrected chi connectivity index (χ1v) is 9.78. The van der Waals surface area contributed by atoms with Crippen LogP contribution in [0.3, 0.4) is 0 Å². The lowest BCUT2D eigenvalue weighted by atomic mass is 10.1. The lowest BCUT2D eigenvalue weighted by Gasteiger charge is -2.25. The average Bonchev–Trinajstić information content (AvgIpc) is 2.99. The SMILES string of the molecule is COc1ccc(-c2cncc(C(=O)N3CCCC(N(C)CC(=O)O)CC3)c2)cc1. The van der Waals surface area contributed by atoms with Crippen LogP contribution in [0, 0.1) is 0 Å². The van der Waals surface area contributed by atoms with Crippen LogP contribution in [0.25, 0.3) is 11.1 Å². The highest BCUT2D eigenvalue weighted by Gasteiger charge is 2.25. The first-order chi connectivity index (χ1) is 14.0. The van der Waals surface area contributed by atoms with E-state index in [9.17, 15) is 9.59 Å². The molecule has 2 heterocycles. The lowest BCUT2D eigenvalue weighted by molar-refractivity contribution is -0.138. The van der Waals surface area contributed by atoms with Gasteiger partial charge in [0, 0.05) is 37.1 Å². The fraction of sp³-hybridized carbons (Fsp3) is 0.409. The summed E-state index contributed by atoms with van der Waals surface area (Å²) in [6.45, 7) is 1.30. The Morgan fingerprint density at radius 2 is 1.93 bits per heavy atom. The molecular formula is C22H27N3O4. The summed E-state index contributed by atoms with van der Waals surface area (Å²) in [5, 5.41) is 9.00. The van der Waals surface area contributed by atoms with Crippen molar-refractivity contribution in [1.82, 2.24) is 14.8 Å². The molecule has 0 aliphatic carbocycles. The number of carboxylic acids is 1. The maximum absolute atomic E-state index is 13.0. The largest absolute Gasteiger partial charge is 0.497 e. The van der Waals surface area contributed by atoms with Crippen LogP contribution in [-0.4, -0.2) is 71.6 Å². The molecule has 1 aliphatic rings. The predicted octanol–water partition coefficient (Wildman–Crippen LogP) is 2.77. The van der Waals surface area contributed by atoms with Crippen LogP contribution < -0.4 is 4.74 Å². The van der Waals surface area contributed by atoms with E-state index in [0.717, 1.165) is 36.1 Å². The Hall–Kier alpha value is -2.93. The minimum Gasteiger partial charge on any atom is -0.497 e. The highest BCUT2D eigenvalue weighted by Crippen LogP contribution is 2.24. The van der Waals surface area contributed by atoms with Crippen LogP contribution in [0.5, 0.6) is 5.75 Å². The van der Waals surface area contributed by atoms with Gasteiger partial charge < -0.3 is 14.7 Å². The normalized spacial score (nSPS) is 17.1. The summed E-state index contributed by atoms with van der Waals surface area (Å²) in [5.41, 5.74) is 2.42. The van der Waals surface area contributed by atoms with Gasteiger partial charge in [0.2, 0.25) is 0 Å². The van der Waals surface area contributed by atoms with E-state index >= 15 is 0 Å². The van der Waals surface area contributed by atoms with Crippen LogP contribution in [0.1, 0.15) is 29.6 Å². The Kier molecular flexibility index (Phi) is 6.82. The van der Waals surface area contributed by atoms with E-state index in [1.807, 2.05) is 47.2 Å². The summed E-state index contributed by atoms with van der Waals surface area (Å²) in [6.07, 6.45) is 5.86. The van der Waals surface area contributed by atoms with Crippen molar-refractivity contribution in [3.8, 4) is 16.9 Å². The van der Waals surface area contributed by atoms with Gasteiger partial charge in [-0.05, 0) is 50.1 Å². The molecule has 1 fully saturated rings. The molecule has 0 spiro atoms. The average molecular weight is 397 g/mol. The first kappa shape index (κ1) is 20.8. The number of carboxylic acid groups (broad SMARTS) is 1. The minimum absolute atomic E-state index is 0.0203. The monoisotopic (exact) mass is 397 g/mol. The third kappa shape index (κ3) is 5.32. The molecule has 2 aromatic rings. The van der Waals surface area contributed by atoms with Gasteiger partial charge in [-0.25, -0.2) is 0 Å². The van der Waals surface area contributed by atoms with Crippen molar-refractivity contribution in [2.75, 3.05) is 33.8 Å². The van der Waals surface area contributed by atoms with E-state index in [-0.39, 0.29) is 18.5 Å². The summed E-state index contributed by atoms with van der Waals surface area (Å²) in [6, 6.07) is 9.69. The molecule has 7 heteroatoms. The number of carbonyl (C=O) groups excluding carboxylic acids is 1. The molecule has 29 heavy (non-hydrogen) atoms. The van der Waals surface area contributed by atoms with E-state index in [1.54, 1.807) is 19.5 Å². The molecule has 1 saturated heterocycles. The molecule has 1 atom stereocenters. The van der Waals surface area contributed by atoms with Crippen LogP contribution in [0.2, 0.25) is 0 Å². The fourth-order valence-electron chi connectivity index (χ4n) is 3.75. The third-order valence-corrected chi connectivity index (χ3v) is 5.40. The molecule has 1 aromatic heterocycles. The number of aromatic nitrogens is 1. The maximum atomic E-state index is 13.0. The van der Waals surface area contributed by atoms with Gasteiger partial charge in [-0.3, -0.25) is 19.5 Å². The summed E-state index contributed by atoms with van der Waals surface area (Å²) in [4.78, 5) is 32.0. The summed E-state index contributed by atoms with van der Waals surface area (Å²) in [7, 11) is 3.46. The van der Waals surface area contributed by atoms with Gasteiger partial charge in [-0.15, -0.1) is 0 Å². The van der Waals surface area contributed by atoms with Gasteiger partial charge in [-0.2, -0.15) is 0 Å². The Morgan fingerprint density at radius 1 is 1.17 bits per heavy atom. The summed E-state index contributed by atoms with van der Waals surface area (Å²) < 4.78 is 5.19. The molecular weight excluding hydrogens is 370 g/mol. The topological polar surface area (TPSA) is 83.0 Å². The molecule has 3 rings (SSSR count). The molecule has 0 saturated carbocycles. The summed E-state index contributed by atoms with van der Waals surface area (Å²) >= 11 is 0. The Morgan fingerprint density at radius 3 is 2.62 bits per heavy atom. The number of likely N-dealkylation sites (N-methyl/N-ethyl adjacent to an activating group) is 1. The van der Waals surface area contributed by atoms with Gasteiger partial charge in [0.15, 0.2) is 0 Å². The molecule has 1 amide bonds. The number of ether oxygens (including phenoxy) is 1. The van der Waals surface area contributed by atoms with Crippen molar-refractivity contribution >= 4 is 11.9 Å². The highest BCUT2D eigenvalue weighted by atomic mass is 16.5. The number of rotatable bonds is 6. The number of hydrogen-bond acceptors (Lipinski definition) is 5. The molecule has 1 unspecified atom stereocenters. The van der Waals surface area contributed by atoms with Crippen molar-refractivity contribution in [2.24, 2.45) is 0 Å². The second-order valence-electron chi connectivity index (χ2n) is 7.38. The number of methoxy groups -OCH3 is 1. The van der Waals surface area contributed by atoms with Gasteiger partial charge in [-0.1, -0.05) is 12.1 Å². The zero-order valence-corrected chi connectivity index (χ0v) is 16.9. The molecule has 154 valence electrons. The Bertz CT molecular complexity index is 853. The van der Waals surface area contributed by atoms with Crippen molar-refractivity contribution in [1.29, 1.82) is 0 Å². The molecule has 0 radical (unpaired) electrons. The van der Waals surface area contributed by atoms with Gasteiger partial charge in [0.1, 0.15) is 5.75 Å². The number of hydrogen-bond donors (Lipinski definition) is 1. The maximum Gasteiger partial charge on any atom is 0.317 e. The smallest absolute Gasteiger partial charge is 0.317 e. The van der Waals surface area contributed by atoms with Gasteiger partial charge >= 0.3 is 5.97 Å². The molecule has 0 bridgehead atoms. The number of aliphatic carboxylic acids is 1. The fourth-order valence-corrected chi connectivity index (χ4v) is 3.75. The third-order valence-electron chi connectivity index (χ3n) is 5.40. The number of pyridine rings is 1. The quantitative estimate of drug-likeness (QED) is 0.807. The van der Waals surface area contributed by atoms with Gasteiger partial charge in [0.05, 0.1) is 19.2 Å². The zero-order valence-electron chi connectivity index (χ0n) is 16.9. The second kappa shape index (κ2) is 9.52. The zero-order chi connectivity index (χ0) is 20.8. The van der Waals surface area contributed by atoms with Crippen molar-refractivity contribution in [2.45, 2.75) is 25.3 Å². The molecule has 1 N–H and O–H groups in total. The predicted molar refractivity (Wildman–Crippen MR) is 110 cm³/mol. The number of nitrogens with zero attached hydrogens (tertiary/aromatic N) is 3. The van der Waals surface area contributed by atoms with Gasteiger partial charge in [0.25, 0.3) is 5.91 Å². The molecule has 1 aliphatic heterocycles. The highest BCUT2D eigenvalue weighted by molar-refractivity contribution is 5.95. The number of carbonyl (C=O) groups is 2. The van der Waals surface area contributed by atoms with E-state index in [4.69, 9.17) is 9.84 Å². The van der Waals surface area contributed by atoms with E-state index in [0.29, 0.717) is 18.7 Å². The van der Waals surface area contributed by atoms with E-state index < -0.39 is 5.97 Å². The Labute approximate surface area is 170 Å². The first-order valence-electron chi connectivity index (χ1n) is 9.78. The standard InChI is InChI=1S/C22H27N3O4/c1-24(15-21(26)27)19-4-3-10-25(11-9-19)22(28)18-12-17(13-23-14-18)16-5-7-20(29-2)8-6-16/h5-8,12-14,19H,3-4,9-11,15H2,1-2H3,(H,26,27). The van der Waals surface area contributed by atoms with Crippen molar-refractivity contribution in [3.63, 3.8) is 0 Å². The molecule has 7 nitrogen and oxygen atoms in total. The molecule has 1 aromatic carbocycles. The van der Waals surface area contributed by atoms with E-state index in [1.165, 1.54) is 0 Å². The van der Waals surface area contributed by atoms with Crippen molar-refractivity contribution in [3.05, 3.63) is 48.3 Å². The van der Waals surface area contributed by atoms with Crippen LogP contribution >= 0.6 is 0 Å². The minimum atomic E-state index is -0.828. The Balaban J connectivity index is 1.69. The number of benzene rings is 1. The van der Waals surface area contributed by atoms with Crippen LogP contribution in [0.15, 0.2) is 42.7 Å². The summed E-state index contributed by atoms with van der Waals surface area (Å²) in [5.74, 6) is -0.0820. The van der Waals surface area contributed by atoms with Crippen molar-refractivity contribution < 1.29 is 19.4 Å². The van der Waals surface area contributed by atoms with E-state index in [2.05, 4.69) is 4.98 Å². The number of likely N-dealkylation sites (tertiary alicyclic amines) is 1. The second-order valence-corrected chi connectivity index (χ2v) is 7.38. The van der Waals surface area contributed by atoms with Crippen LogP contribution in [-0.2, 0) is 4.79 Å². The van der Waals surface area contributed by atoms with Crippen LogP contribution in [0.4, 0.5) is 0 Å². The lowest BCUT2D eigenvalue weighted by Crippen LogP contribution is -2.37.